The summed E-state index contributed by atoms with van der Waals surface area (Å²) in [6.07, 6.45) is 0.321. The summed E-state index contributed by atoms with van der Waals surface area (Å²) in [5.41, 5.74) is 1.67. The van der Waals surface area contributed by atoms with Gasteiger partial charge in [0, 0.05) is 26.6 Å². The Balaban J connectivity index is 2.31. The van der Waals surface area contributed by atoms with Crippen LogP contribution in [0.1, 0.15) is 13.3 Å². The number of hydrogen-bond donors (Lipinski definition) is 1. The lowest BCUT2D eigenvalue weighted by atomic mass is 10.3. The number of aryl methyl sites for hydroxylation is 2. The number of para-hydroxylation sites is 2. The molecule has 0 saturated carbocycles. The van der Waals surface area contributed by atoms with Gasteiger partial charge in [0.15, 0.2) is 0 Å². The van der Waals surface area contributed by atoms with E-state index in [2.05, 4.69) is 5.32 Å². The molecule has 0 spiro atoms. The number of hydrogen-bond acceptors (Lipinski definition) is 2. The second kappa shape index (κ2) is 5.08. The number of rotatable bonds is 4. The Morgan fingerprint density at radius 3 is 2.61 bits per heavy atom. The van der Waals surface area contributed by atoms with Crippen LogP contribution in [0.4, 0.5) is 0 Å². The number of fused-ring (bicyclic) bond motifs is 1. The van der Waals surface area contributed by atoms with E-state index < -0.39 is 0 Å². The molecule has 0 fully saturated rings. The lowest BCUT2D eigenvalue weighted by Crippen LogP contribution is -2.27. The van der Waals surface area contributed by atoms with E-state index in [1.54, 1.807) is 16.2 Å². The SMILES string of the molecule is CCNC(=O)CCn1c(=O)n(C)c2ccccc21. The Morgan fingerprint density at radius 1 is 1.28 bits per heavy atom. The highest BCUT2D eigenvalue weighted by molar-refractivity contribution is 5.77. The van der Waals surface area contributed by atoms with Crippen LogP contribution in [0.5, 0.6) is 0 Å². The molecule has 0 radical (unpaired) electrons. The normalized spacial score (nSPS) is 10.8. The van der Waals surface area contributed by atoms with Crippen LogP contribution in [0.25, 0.3) is 11.0 Å². The van der Waals surface area contributed by atoms with Gasteiger partial charge in [0.25, 0.3) is 0 Å². The summed E-state index contributed by atoms with van der Waals surface area (Å²) in [4.78, 5) is 23.5. The third-order valence-corrected chi connectivity index (χ3v) is 2.99. The second-order valence-electron chi connectivity index (χ2n) is 4.19. The molecule has 0 atom stereocenters. The Kier molecular flexibility index (Phi) is 3.50. The molecule has 0 aliphatic rings. The van der Waals surface area contributed by atoms with E-state index in [0.717, 1.165) is 11.0 Å². The summed E-state index contributed by atoms with van der Waals surface area (Å²) >= 11 is 0. The van der Waals surface area contributed by atoms with Crippen LogP contribution in [-0.2, 0) is 18.4 Å². The fourth-order valence-corrected chi connectivity index (χ4v) is 2.08. The van der Waals surface area contributed by atoms with Gasteiger partial charge in [0.05, 0.1) is 11.0 Å². The number of nitrogens with zero attached hydrogens (tertiary/aromatic N) is 2. The van der Waals surface area contributed by atoms with Gasteiger partial charge in [-0.2, -0.15) is 0 Å². The minimum atomic E-state index is -0.0829. The number of amides is 1. The van der Waals surface area contributed by atoms with E-state index in [4.69, 9.17) is 0 Å². The summed E-state index contributed by atoms with van der Waals surface area (Å²) in [6, 6.07) is 7.59. The first-order chi connectivity index (χ1) is 8.65. The van der Waals surface area contributed by atoms with Gasteiger partial charge >= 0.3 is 5.69 Å². The van der Waals surface area contributed by atoms with Crippen molar-refractivity contribution >= 4 is 16.9 Å². The van der Waals surface area contributed by atoms with E-state index in [0.29, 0.717) is 19.5 Å². The van der Waals surface area contributed by atoms with Crippen molar-refractivity contribution < 1.29 is 4.79 Å². The summed E-state index contributed by atoms with van der Waals surface area (Å²) < 4.78 is 3.25. The summed E-state index contributed by atoms with van der Waals surface area (Å²) in [5.74, 6) is -0.0302. The van der Waals surface area contributed by atoms with Crippen LogP contribution in [0, 0.1) is 0 Å². The molecule has 1 aromatic heterocycles. The Morgan fingerprint density at radius 2 is 1.94 bits per heavy atom. The first kappa shape index (κ1) is 12.4. The Hall–Kier alpha value is -2.04. The summed E-state index contributed by atoms with van der Waals surface area (Å²) in [7, 11) is 1.74. The predicted molar refractivity (Wildman–Crippen MR) is 70.5 cm³/mol. The fourth-order valence-electron chi connectivity index (χ4n) is 2.08. The summed E-state index contributed by atoms with van der Waals surface area (Å²) in [5, 5.41) is 2.73. The van der Waals surface area contributed by atoms with E-state index in [-0.39, 0.29) is 11.6 Å². The first-order valence-corrected chi connectivity index (χ1v) is 6.06. The number of aromatic nitrogens is 2. The van der Waals surface area contributed by atoms with Gasteiger partial charge in [0.1, 0.15) is 0 Å². The third-order valence-electron chi connectivity index (χ3n) is 2.99. The highest BCUT2D eigenvalue weighted by atomic mass is 16.2. The van der Waals surface area contributed by atoms with E-state index in [1.807, 2.05) is 31.2 Å². The maximum atomic E-state index is 12.1. The minimum absolute atomic E-state index is 0.0302. The smallest absolute Gasteiger partial charge is 0.328 e. The van der Waals surface area contributed by atoms with Crippen molar-refractivity contribution in [2.24, 2.45) is 7.05 Å². The number of benzene rings is 1. The van der Waals surface area contributed by atoms with Gasteiger partial charge in [0.2, 0.25) is 5.91 Å². The monoisotopic (exact) mass is 247 g/mol. The molecule has 1 N–H and O–H groups in total. The van der Waals surface area contributed by atoms with Crippen LogP contribution in [-0.4, -0.2) is 21.6 Å². The quantitative estimate of drug-likeness (QED) is 0.871. The Bertz CT molecular complexity index is 625. The van der Waals surface area contributed by atoms with Crippen molar-refractivity contribution in [1.29, 1.82) is 0 Å². The van der Waals surface area contributed by atoms with Crippen molar-refractivity contribution in [3.8, 4) is 0 Å². The van der Waals surface area contributed by atoms with Gasteiger partial charge in [-0.05, 0) is 19.1 Å². The molecule has 0 saturated heterocycles. The zero-order valence-electron chi connectivity index (χ0n) is 10.6. The molecule has 5 nitrogen and oxygen atoms in total. The highest BCUT2D eigenvalue weighted by Crippen LogP contribution is 2.11. The molecule has 1 amide bonds. The lowest BCUT2D eigenvalue weighted by Gasteiger charge is -2.03. The van der Waals surface area contributed by atoms with E-state index in [1.165, 1.54) is 0 Å². The molecule has 18 heavy (non-hydrogen) atoms. The number of carbonyl (C=O) groups is 1. The zero-order chi connectivity index (χ0) is 13.1. The van der Waals surface area contributed by atoms with Gasteiger partial charge in [-0.3, -0.25) is 13.9 Å². The second-order valence-corrected chi connectivity index (χ2v) is 4.19. The van der Waals surface area contributed by atoms with Crippen LogP contribution in [0.3, 0.4) is 0 Å². The molecule has 2 aromatic rings. The number of carbonyl (C=O) groups excluding carboxylic acids is 1. The van der Waals surface area contributed by atoms with Gasteiger partial charge in [-0.15, -0.1) is 0 Å². The minimum Gasteiger partial charge on any atom is -0.356 e. The molecule has 5 heteroatoms. The molecule has 0 aliphatic carbocycles. The standard InChI is InChI=1S/C13H17N3O2/c1-3-14-12(17)8-9-16-11-7-5-4-6-10(11)15(2)13(16)18/h4-7H,3,8-9H2,1-2H3,(H,14,17). The van der Waals surface area contributed by atoms with Crippen LogP contribution < -0.4 is 11.0 Å². The van der Waals surface area contributed by atoms with E-state index >= 15 is 0 Å². The number of imidazole rings is 1. The highest BCUT2D eigenvalue weighted by Gasteiger charge is 2.10. The van der Waals surface area contributed by atoms with Crippen LogP contribution >= 0.6 is 0 Å². The zero-order valence-corrected chi connectivity index (χ0v) is 10.6. The first-order valence-electron chi connectivity index (χ1n) is 6.06. The lowest BCUT2D eigenvalue weighted by molar-refractivity contribution is -0.121. The molecular formula is C13H17N3O2. The molecule has 0 aliphatic heterocycles. The average molecular weight is 247 g/mol. The topological polar surface area (TPSA) is 56.0 Å². The summed E-state index contributed by atoms with van der Waals surface area (Å²) in [6.45, 7) is 2.90. The maximum absolute atomic E-state index is 12.1. The van der Waals surface area contributed by atoms with Crippen molar-refractivity contribution in [2.45, 2.75) is 19.9 Å². The van der Waals surface area contributed by atoms with Crippen LogP contribution in [0.15, 0.2) is 29.1 Å². The van der Waals surface area contributed by atoms with Gasteiger partial charge in [-0.25, -0.2) is 4.79 Å². The van der Waals surface area contributed by atoms with Crippen LogP contribution in [0.2, 0.25) is 0 Å². The van der Waals surface area contributed by atoms with Gasteiger partial charge in [-0.1, -0.05) is 12.1 Å². The van der Waals surface area contributed by atoms with Crippen molar-refractivity contribution in [3.05, 3.63) is 34.7 Å². The average Bonchev–Trinajstić information content (AvgIpc) is 2.61. The van der Waals surface area contributed by atoms with Crippen molar-refractivity contribution in [1.82, 2.24) is 14.5 Å². The fraction of sp³-hybridized carbons (Fsp3) is 0.385. The maximum Gasteiger partial charge on any atom is 0.328 e. The van der Waals surface area contributed by atoms with Gasteiger partial charge < -0.3 is 5.32 Å². The van der Waals surface area contributed by atoms with Crippen molar-refractivity contribution in [3.63, 3.8) is 0 Å². The predicted octanol–water partition coefficient (Wildman–Crippen LogP) is 0.866. The molecule has 96 valence electrons. The third kappa shape index (κ3) is 2.16. The molecular weight excluding hydrogens is 230 g/mol. The Labute approximate surface area is 105 Å². The molecule has 0 bridgehead atoms. The molecule has 0 unspecified atom stereocenters. The van der Waals surface area contributed by atoms with Crippen molar-refractivity contribution in [2.75, 3.05) is 6.54 Å². The molecule has 1 aromatic carbocycles. The van der Waals surface area contributed by atoms with E-state index in [9.17, 15) is 9.59 Å². The molecule has 2 rings (SSSR count). The molecule has 1 heterocycles. The largest absolute Gasteiger partial charge is 0.356 e. The number of nitrogens with one attached hydrogen (secondary N) is 1.